The Morgan fingerprint density at radius 2 is 1.90 bits per heavy atom. The molecule has 5 heteroatoms. The molecule has 0 amide bonds. The number of benzene rings is 2. The van der Waals surface area contributed by atoms with Crippen LogP contribution in [0.5, 0.6) is 0 Å². The van der Waals surface area contributed by atoms with Crippen molar-refractivity contribution in [2.45, 2.75) is 17.4 Å². The van der Waals surface area contributed by atoms with Gasteiger partial charge >= 0.3 is 0 Å². The van der Waals surface area contributed by atoms with Crippen LogP contribution in [0.1, 0.15) is 5.56 Å². The minimum absolute atomic E-state index is 0.168. The first kappa shape index (κ1) is 16.6. The van der Waals surface area contributed by atoms with Gasteiger partial charge in [0, 0.05) is 16.7 Å². The van der Waals surface area contributed by atoms with Gasteiger partial charge in [-0.25, -0.2) is 4.39 Å². The Morgan fingerprint density at radius 1 is 1.14 bits per heavy atom. The van der Waals surface area contributed by atoms with E-state index in [-0.39, 0.29) is 16.9 Å². The number of nitrogens with one attached hydrogen (secondary N) is 1. The smallest absolute Gasteiger partial charge is 0.141 e. The van der Waals surface area contributed by atoms with E-state index in [1.165, 1.54) is 6.07 Å². The number of halogens is 3. The van der Waals surface area contributed by atoms with Gasteiger partial charge in [0.25, 0.3) is 0 Å². The summed E-state index contributed by atoms with van der Waals surface area (Å²) in [5.74, 6) is 0.488. The van der Waals surface area contributed by atoms with Crippen molar-refractivity contribution in [1.29, 1.82) is 0 Å². The molecule has 1 unspecified atom stereocenters. The molecule has 0 saturated heterocycles. The summed E-state index contributed by atoms with van der Waals surface area (Å²) in [7, 11) is 1.92. The predicted molar refractivity (Wildman–Crippen MR) is 90.1 cm³/mol. The van der Waals surface area contributed by atoms with E-state index in [4.69, 9.17) is 23.2 Å². The second-order valence-electron chi connectivity index (χ2n) is 4.68. The van der Waals surface area contributed by atoms with Gasteiger partial charge in [-0.15, -0.1) is 11.8 Å². The normalized spacial score (nSPS) is 12.4. The molecule has 0 bridgehead atoms. The van der Waals surface area contributed by atoms with Gasteiger partial charge in [-0.1, -0.05) is 41.4 Å². The standard InChI is InChI=1S/C16H16Cl2FNS/c1-20-12(8-11-6-7-15(19)14(18)9-11)10-21-16-5-3-2-4-13(16)17/h2-7,9,12,20H,8,10H2,1H3. The van der Waals surface area contributed by atoms with Gasteiger partial charge in [-0.05, 0) is 43.3 Å². The van der Waals surface area contributed by atoms with Crippen molar-refractivity contribution in [2.75, 3.05) is 12.8 Å². The van der Waals surface area contributed by atoms with Crippen LogP contribution in [0, 0.1) is 5.82 Å². The van der Waals surface area contributed by atoms with Crippen molar-refractivity contribution in [3.63, 3.8) is 0 Å². The molecular formula is C16H16Cl2FNS. The Kier molecular flexibility index (Phi) is 6.37. The summed E-state index contributed by atoms with van der Waals surface area (Å²) in [6, 6.07) is 12.9. The fourth-order valence-electron chi connectivity index (χ4n) is 1.95. The van der Waals surface area contributed by atoms with E-state index in [0.717, 1.165) is 27.7 Å². The largest absolute Gasteiger partial charge is 0.316 e. The second kappa shape index (κ2) is 8.04. The average Bonchev–Trinajstić information content (AvgIpc) is 2.48. The van der Waals surface area contributed by atoms with Gasteiger partial charge in [-0.3, -0.25) is 0 Å². The molecule has 21 heavy (non-hydrogen) atoms. The molecule has 112 valence electrons. The Hall–Kier alpha value is -0.740. The fraction of sp³-hybridized carbons (Fsp3) is 0.250. The predicted octanol–water partition coefficient (Wildman–Crippen LogP) is 5.06. The van der Waals surface area contributed by atoms with E-state index in [2.05, 4.69) is 5.32 Å². The van der Waals surface area contributed by atoms with Crippen LogP contribution in [0.4, 0.5) is 4.39 Å². The van der Waals surface area contributed by atoms with Crippen molar-refractivity contribution in [2.24, 2.45) is 0 Å². The van der Waals surface area contributed by atoms with E-state index < -0.39 is 0 Å². The molecule has 1 atom stereocenters. The van der Waals surface area contributed by atoms with Gasteiger partial charge in [0.1, 0.15) is 5.82 Å². The van der Waals surface area contributed by atoms with Gasteiger partial charge in [-0.2, -0.15) is 0 Å². The minimum atomic E-state index is -0.383. The molecule has 0 aromatic heterocycles. The van der Waals surface area contributed by atoms with Crippen LogP contribution in [0.2, 0.25) is 10.0 Å². The molecule has 0 heterocycles. The third-order valence-electron chi connectivity index (χ3n) is 3.15. The molecule has 1 nitrogen and oxygen atoms in total. The van der Waals surface area contributed by atoms with Crippen molar-refractivity contribution in [3.05, 3.63) is 63.9 Å². The lowest BCUT2D eigenvalue weighted by Crippen LogP contribution is -2.30. The maximum absolute atomic E-state index is 13.2. The number of hydrogen-bond donors (Lipinski definition) is 1. The average molecular weight is 344 g/mol. The highest BCUT2D eigenvalue weighted by molar-refractivity contribution is 7.99. The molecule has 0 saturated carbocycles. The lowest BCUT2D eigenvalue weighted by molar-refractivity contribution is 0.610. The monoisotopic (exact) mass is 343 g/mol. The molecule has 0 radical (unpaired) electrons. The number of likely N-dealkylation sites (N-methyl/N-ethyl adjacent to an activating group) is 1. The zero-order valence-electron chi connectivity index (χ0n) is 11.6. The van der Waals surface area contributed by atoms with Crippen LogP contribution in [0.15, 0.2) is 47.4 Å². The molecule has 0 aliphatic carbocycles. The topological polar surface area (TPSA) is 12.0 Å². The highest BCUT2D eigenvalue weighted by Gasteiger charge is 2.11. The van der Waals surface area contributed by atoms with Crippen molar-refractivity contribution < 1.29 is 4.39 Å². The van der Waals surface area contributed by atoms with Gasteiger partial charge in [0.05, 0.1) is 10.0 Å². The first-order chi connectivity index (χ1) is 10.1. The van der Waals surface area contributed by atoms with E-state index in [0.29, 0.717) is 0 Å². The number of thioether (sulfide) groups is 1. The molecule has 1 N–H and O–H groups in total. The maximum atomic E-state index is 13.2. The molecule has 0 fully saturated rings. The van der Waals surface area contributed by atoms with Crippen LogP contribution in [0.25, 0.3) is 0 Å². The Labute approximate surface area is 138 Å². The molecule has 2 aromatic rings. The second-order valence-corrected chi connectivity index (χ2v) is 6.56. The zero-order valence-corrected chi connectivity index (χ0v) is 13.9. The van der Waals surface area contributed by atoms with Crippen molar-refractivity contribution in [3.8, 4) is 0 Å². The summed E-state index contributed by atoms with van der Waals surface area (Å²) in [6.45, 7) is 0. The summed E-state index contributed by atoms with van der Waals surface area (Å²) in [6.07, 6.45) is 0.786. The third-order valence-corrected chi connectivity index (χ3v) is 5.12. The fourth-order valence-corrected chi connectivity index (χ4v) is 3.50. The van der Waals surface area contributed by atoms with Crippen LogP contribution in [-0.4, -0.2) is 18.8 Å². The molecule has 0 aliphatic heterocycles. The SMILES string of the molecule is CNC(CSc1ccccc1Cl)Cc1ccc(F)c(Cl)c1. The van der Waals surface area contributed by atoms with E-state index in [1.807, 2.05) is 31.3 Å². The Balaban J connectivity index is 1.97. The lowest BCUT2D eigenvalue weighted by atomic mass is 10.1. The summed E-state index contributed by atoms with van der Waals surface area (Å²) < 4.78 is 13.2. The lowest BCUT2D eigenvalue weighted by Gasteiger charge is -2.16. The summed E-state index contributed by atoms with van der Waals surface area (Å²) >= 11 is 13.7. The molecule has 0 spiro atoms. The molecule has 2 rings (SSSR count). The Bertz CT molecular complexity index is 607. The van der Waals surface area contributed by atoms with Gasteiger partial charge in [0.15, 0.2) is 0 Å². The van der Waals surface area contributed by atoms with Crippen LogP contribution < -0.4 is 5.32 Å². The summed E-state index contributed by atoms with van der Waals surface area (Å²) in [5, 5.41) is 4.21. The molecule has 2 aromatic carbocycles. The van der Waals surface area contributed by atoms with E-state index in [1.54, 1.807) is 23.9 Å². The van der Waals surface area contributed by atoms with Gasteiger partial charge < -0.3 is 5.32 Å². The summed E-state index contributed by atoms with van der Waals surface area (Å²) in [4.78, 5) is 1.07. The van der Waals surface area contributed by atoms with E-state index >= 15 is 0 Å². The van der Waals surface area contributed by atoms with Crippen molar-refractivity contribution in [1.82, 2.24) is 5.32 Å². The molecular weight excluding hydrogens is 328 g/mol. The summed E-state index contributed by atoms with van der Waals surface area (Å²) in [5.41, 5.74) is 1.01. The van der Waals surface area contributed by atoms with Gasteiger partial charge in [0.2, 0.25) is 0 Å². The van der Waals surface area contributed by atoms with Crippen LogP contribution in [0.3, 0.4) is 0 Å². The first-order valence-corrected chi connectivity index (χ1v) is 8.33. The number of hydrogen-bond acceptors (Lipinski definition) is 2. The van der Waals surface area contributed by atoms with E-state index in [9.17, 15) is 4.39 Å². The minimum Gasteiger partial charge on any atom is -0.316 e. The zero-order chi connectivity index (χ0) is 15.2. The van der Waals surface area contributed by atoms with Crippen LogP contribution >= 0.6 is 35.0 Å². The van der Waals surface area contributed by atoms with Crippen LogP contribution in [-0.2, 0) is 6.42 Å². The first-order valence-electron chi connectivity index (χ1n) is 6.58. The highest BCUT2D eigenvalue weighted by Crippen LogP contribution is 2.27. The third kappa shape index (κ3) is 4.89. The quantitative estimate of drug-likeness (QED) is 0.736. The Morgan fingerprint density at radius 3 is 2.57 bits per heavy atom. The highest BCUT2D eigenvalue weighted by atomic mass is 35.5. The molecule has 0 aliphatic rings. The maximum Gasteiger partial charge on any atom is 0.141 e. The van der Waals surface area contributed by atoms with Crippen molar-refractivity contribution >= 4 is 35.0 Å². The number of rotatable bonds is 6.